The largest absolute Gasteiger partial charge is 0.375 e. The molecule has 0 aliphatic carbocycles. The first-order chi connectivity index (χ1) is 8.09. The zero-order chi connectivity index (χ0) is 12.4. The summed E-state index contributed by atoms with van der Waals surface area (Å²) >= 11 is 0. The number of aromatic nitrogens is 2. The lowest BCUT2D eigenvalue weighted by atomic mass is 10.1. The zero-order valence-electron chi connectivity index (χ0n) is 10.4. The number of aryl methyl sites for hydroxylation is 1. The lowest BCUT2D eigenvalue weighted by molar-refractivity contribution is -0.126. The van der Waals surface area contributed by atoms with E-state index in [0.717, 1.165) is 5.69 Å². The molecule has 6 nitrogen and oxygen atoms in total. The molecule has 1 aromatic rings. The van der Waals surface area contributed by atoms with Crippen molar-refractivity contribution in [2.24, 2.45) is 7.05 Å². The maximum atomic E-state index is 12.3. The Morgan fingerprint density at radius 1 is 1.71 bits per heavy atom. The van der Waals surface area contributed by atoms with E-state index < -0.39 is 0 Å². The van der Waals surface area contributed by atoms with Crippen molar-refractivity contribution >= 4 is 11.6 Å². The van der Waals surface area contributed by atoms with Crippen molar-refractivity contribution in [3.8, 4) is 0 Å². The molecule has 2 rings (SSSR count). The molecule has 1 N–H and O–H groups in total. The molecule has 1 aliphatic heterocycles. The summed E-state index contributed by atoms with van der Waals surface area (Å²) in [6.45, 7) is 3.27. The van der Waals surface area contributed by atoms with Gasteiger partial charge in [0.25, 0.3) is 0 Å². The summed E-state index contributed by atoms with van der Waals surface area (Å²) in [7, 11) is 3.58. The van der Waals surface area contributed by atoms with E-state index in [9.17, 15) is 4.79 Å². The molecule has 0 unspecified atom stereocenters. The second kappa shape index (κ2) is 4.85. The van der Waals surface area contributed by atoms with Crippen LogP contribution in [0.5, 0.6) is 0 Å². The van der Waals surface area contributed by atoms with E-state index in [1.54, 1.807) is 22.8 Å². The summed E-state index contributed by atoms with van der Waals surface area (Å²) in [5.74, 6) is 0.00481. The SMILES string of the molecule is C[C@H]1OCCN[C@@H]1C(=O)N(C)c1cnn(C)c1. The van der Waals surface area contributed by atoms with Crippen LogP contribution in [-0.4, -0.2) is 48.0 Å². The third kappa shape index (κ3) is 2.48. The van der Waals surface area contributed by atoms with Gasteiger partial charge in [-0.15, -0.1) is 0 Å². The number of carbonyl (C=O) groups excluding carboxylic acids is 1. The van der Waals surface area contributed by atoms with Gasteiger partial charge in [0, 0.05) is 26.8 Å². The van der Waals surface area contributed by atoms with Gasteiger partial charge in [-0.2, -0.15) is 5.10 Å². The highest BCUT2D eigenvalue weighted by atomic mass is 16.5. The lowest BCUT2D eigenvalue weighted by Crippen LogP contribution is -2.55. The Morgan fingerprint density at radius 2 is 2.47 bits per heavy atom. The Labute approximate surface area is 101 Å². The Morgan fingerprint density at radius 3 is 3.06 bits per heavy atom. The summed E-state index contributed by atoms with van der Waals surface area (Å²) in [4.78, 5) is 13.9. The highest BCUT2D eigenvalue weighted by Gasteiger charge is 2.31. The first-order valence-electron chi connectivity index (χ1n) is 5.71. The molecule has 0 spiro atoms. The van der Waals surface area contributed by atoms with E-state index in [2.05, 4.69) is 10.4 Å². The molecule has 1 aromatic heterocycles. The average Bonchev–Trinajstić information content (AvgIpc) is 2.75. The molecule has 0 bridgehead atoms. The Balaban J connectivity index is 2.08. The van der Waals surface area contributed by atoms with Crippen LogP contribution in [0.2, 0.25) is 0 Å². The standard InChI is InChI=1S/C11H18N4O2/c1-8-10(12-4-5-17-8)11(16)15(3)9-6-13-14(2)7-9/h6-8,10,12H,4-5H2,1-3H3/t8-,10+/m1/s1. The van der Waals surface area contributed by atoms with E-state index in [1.807, 2.05) is 20.2 Å². The number of likely N-dealkylation sites (N-methyl/N-ethyl adjacent to an activating group) is 1. The van der Waals surface area contributed by atoms with Crippen LogP contribution in [0.3, 0.4) is 0 Å². The minimum atomic E-state index is -0.283. The normalized spacial score (nSPS) is 24.6. The fourth-order valence-corrected chi connectivity index (χ4v) is 1.93. The number of amides is 1. The average molecular weight is 238 g/mol. The van der Waals surface area contributed by atoms with Crippen molar-refractivity contribution in [3.05, 3.63) is 12.4 Å². The molecule has 1 saturated heterocycles. The number of nitrogens with one attached hydrogen (secondary N) is 1. The molecule has 2 heterocycles. The van der Waals surface area contributed by atoms with Crippen LogP contribution < -0.4 is 10.2 Å². The Hall–Kier alpha value is -1.40. The fraction of sp³-hybridized carbons (Fsp3) is 0.636. The molecule has 6 heteroatoms. The third-order valence-corrected chi connectivity index (χ3v) is 2.99. The Bertz CT molecular complexity index is 404. The van der Waals surface area contributed by atoms with Gasteiger partial charge in [0.2, 0.25) is 5.91 Å². The van der Waals surface area contributed by atoms with Crippen molar-refractivity contribution in [3.63, 3.8) is 0 Å². The molecule has 0 radical (unpaired) electrons. The molecular weight excluding hydrogens is 220 g/mol. The number of ether oxygens (including phenoxy) is 1. The van der Waals surface area contributed by atoms with Crippen LogP contribution in [0.4, 0.5) is 5.69 Å². The number of rotatable bonds is 2. The molecule has 94 valence electrons. The van der Waals surface area contributed by atoms with Crippen LogP contribution in [0.25, 0.3) is 0 Å². The van der Waals surface area contributed by atoms with Crippen molar-refractivity contribution in [2.75, 3.05) is 25.1 Å². The van der Waals surface area contributed by atoms with Gasteiger partial charge in [-0.3, -0.25) is 9.48 Å². The second-order valence-corrected chi connectivity index (χ2v) is 4.28. The molecule has 1 fully saturated rings. The summed E-state index contributed by atoms with van der Waals surface area (Å²) in [6, 6.07) is -0.283. The van der Waals surface area contributed by atoms with Crippen LogP contribution in [0.15, 0.2) is 12.4 Å². The van der Waals surface area contributed by atoms with Gasteiger partial charge < -0.3 is 15.0 Å². The molecule has 17 heavy (non-hydrogen) atoms. The summed E-state index contributed by atoms with van der Waals surface area (Å²) in [5, 5.41) is 7.24. The first-order valence-corrected chi connectivity index (χ1v) is 5.71. The quantitative estimate of drug-likeness (QED) is 0.772. The van der Waals surface area contributed by atoms with Crippen LogP contribution in [0.1, 0.15) is 6.92 Å². The minimum absolute atomic E-state index is 0.00481. The molecule has 0 saturated carbocycles. The van der Waals surface area contributed by atoms with Gasteiger partial charge in [0.15, 0.2) is 0 Å². The monoisotopic (exact) mass is 238 g/mol. The number of hydrogen-bond acceptors (Lipinski definition) is 4. The summed E-state index contributed by atoms with van der Waals surface area (Å²) in [6.07, 6.45) is 3.38. The van der Waals surface area contributed by atoms with E-state index >= 15 is 0 Å². The van der Waals surface area contributed by atoms with Crippen molar-refractivity contribution < 1.29 is 9.53 Å². The van der Waals surface area contributed by atoms with E-state index in [4.69, 9.17) is 4.74 Å². The summed E-state index contributed by atoms with van der Waals surface area (Å²) in [5.41, 5.74) is 0.789. The van der Waals surface area contributed by atoms with Gasteiger partial charge in [-0.05, 0) is 6.92 Å². The molecule has 1 amide bonds. The maximum Gasteiger partial charge on any atom is 0.246 e. The van der Waals surface area contributed by atoms with Gasteiger partial charge in [0.05, 0.1) is 24.6 Å². The van der Waals surface area contributed by atoms with Crippen molar-refractivity contribution in [1.29, 1.82) is 0 Å². The van der Waals surface area contributed by atoms with Gasteiger partial charge in [0.1, 0.15) is 6.04 Å². The molecule has 0 aromatic carbocycles. The smallest absolute Gasteiger partial charge is 0.246 e. The number of nitrogens with zero attached hydrogens (tertiary/aromatic N) is 3. The number of hydrogen-bond donors (Lipinski definition) is 1. The zero-order valence-corrected chi connectivity index (χ0v) is 10.4. The van der Waals surface area contributed by atoms with Crippen LogP contribution >= 0.6 is 0 Å². The van der Waals surface area contributed by atoms with Crippen molar-refractivity contribution in [2.45, 2.75) is 19.1 Å². The number of carbonyl (C=O) groups is 1. The second-order valence-electron chi connectivity index (χ2n) is 4.28. The van der Waals surface area contributed by atoms with Gasteiger partial charge in [-0.1, -0.05) is 0 Å². The first kappa shape index (κ1) is 12.1. The molecular formula is C11H18N4O2. The van der Waals surface area contributed by atoms with E-state index in [0.29, 0.717) is 13.2 Å². The lowest BCUT2D eigenvalue weighted by Gasteiger charge is -2.31. The predicted octanol–water partition coefficient (Wildman–Crippen LogP) is -0.240. The number of morpholine rings is 1. The third-order valence-electron chi connectivity index (χ3n) is 2.99. The van der Waals surface area contributed by atoms with Gasteiger partial charge in [-0.25, -0.2) is 0 Å². The van der Waals surface area contributed by atoms with Crippen molar-refractivity contribution in [1.82, 2.24) is 15.1 Å². The topological polar surface area (TPSA) is 59.4 Å². The van der Waals surface area contributed by atoms with E-state index in [1.165, 1.54) is 0 Å². The fourth-order valence-electron chi connectivity index (χ4n) is 1.93. The highest BCUT2D eigenvalue weighted by molar-refractivity contribution is 5.96. The summed E-state index contributed by atoms with van der Waals surface area (Å²) < 4.78 is 7.15. The van der Waals surface area contributed by atoms with Crippen LogP contribution in [0, 0.1) is 0 Å². The molecule has 2 atom stereocenters. The van der Waals surface area contributed by atoms with E-state index in [-0.39, 0.29) is 18.1 Å². The van der Waals surface area contributed by atoms with Gasteiger partial charge >= 0.3 is 0 Å². The predicted molar refractivity (Wildman–Crippen MR) is 63.8 cm³/mol. The maximum absolute atomic E-state index is 12.3. The molecule has 1 aliphatic rings. The Kier molecular flexibility index (Phi) is 3.44. The van der Waals surface area contributed by atoms with Crippen LogP contribution in [-0.2, 0) is 16.6 Å². The highest BCUT2D eigenvalue weighted by Crippen LogP contribution is 2.14. The minimum Gasteiger partial charge on any atom is -0.375 e. The number of anilines is 1.